The maximum atomic E-state index is 13.4. The predicted molar refractivity (Wildman–Crippen MR) is 176 cm³/mol. The lowest BCUT2D eigenvalue weighted by Crippen LogP contribution is -2.48. The Labute approximate surface area is 271 Å². The summed E-state index contributed by atoms with van der Waals surface area (Å²) in [6, 6.07) is 11.8. The van der Waals surface area contributed by atoms with Gasteiger partial charge in [0.15, 0.2) is 11.5 Å². The Bertz CT molecular complexity index is 1560. The van der Waals surface area contributed by atoms with Crippen molar-refractivity contribution in [2.24, 2.45) is 0 Å². The van der Waals surface area contributed by atoms with Crippen molar-refractivity contribution in [3.8, 4) is 17.2 Å². The van der Waals surface area contributed by atoms with E-state index in [2.05, 4.69) is 4.90 Å². The van der Waals surface area contributed by atoms with Crippen LogP contribution in [0.15, 0.2) is 48.7 Å². The summed E-state index contributed by atoms with van der Waals surface area (Å²) in [7, 11) is 1.65. The summed E-state index contributed by atoms with van der Waals surface area (Å²) in [6.45, 7) is 11.8. The highest BCUT2D eigenvalue weighted by molar-refractivity contribution is 5.96. The topological polar surface area (TPSA) is 99.7 Å². The zero-order valence-corrected chi connectivity index (χ0v) is 27.5. The van der Waals surface area contributed by atoms with Crippen molar-refractivity contribution in [1.82, 2.24) is 14.8 Å². The largest absolute Gasteiger partial charge is 0.497 e. The first-order valence-electron chi connectivity index (χ1n) is 16.0. The second-order valence-electron chi connectivity index (χ2n) is 12.6. The van der Waals surface area contributed by atoms with Gasteiger partial charge in [-0.25, -0.2) is 9.59 Å². The van der Waals surface area contributed by atoms with E-state index < -0.39 is 5.60 Å². The van der Waals surface area contributed by atoms with Crippen LogP contribution in [0, 0.1) is 0 Å². The van der Waals surface area contributed by atoms with Crippen molar-refractivity contribution in [3.63, 3.8) is 0 Å². The summed E-state index contributed by atoms with van der Waals surface area (Å²) in [6.07, 6.45) is 7.11. The smallest absolute Gasteiger partial charge is 0.410 e. The number of pyridine rings is 1. The number of ether oxygens (including phenoxy) is 5. The Morgan fingerprint density at radius 1 is 1.04 bits per heavy atom. The van der Waals surface area contributed by atoms with Crippen molar-refractivity contribution < 1.29 is 33.3 Å². The van der Waals surface area contributed by atoms with Gasteiger partial charge in [0, 0.05) is 67.6 Å². The number of esters is 1. The summed E-state index contributed by atoms with van der Waals surface area (Å²) in [5.41, 5.74) is 2.20. The number of aromatic nitrogens is 1. The lowest BCUT2D eigenvalue weighted by molar-refractivity contribution is -0.137. The molecule has 0 radical (unpaired) electrons. The van der Waals surface area contributed by atoms with Crippen LogP contribution in [-0.4, -0.2) is 85.1 Å². The van der Waals surface area contributed by atoms with E-state index in [1.165, 1.54) is 6.08 Å². The van der Waals surface area contributed by atoms with Crippen molar-refractivity contribution in [2.75, 3.05) is 46.6 Å². The minimum absolute atomic E-state index is 0.0491. The summed E-state index contributed by atoms with van der Waals surface area (Å²) >= 11 is 0. The lowest BCUT2D eigenvalue weighted by Gasteiger charge is -2.39. The first-order chi connectivity index (χ1) is 22.1. The van der Waals surface area contributed by atoms with Crippen molar-refractivity contribution in [3.05, 3.63) is 65.5 Å². The van der Waals surface area contributed by atoms with Crippen LogP contribution in [-0.2, 0) is 27.2 Å². The molecule has 10 nitrogen and oxygen atoms in total. The molecule has 246 valence electrons. The molecular formula is C36H45N3O7. The summed E-state index contributed by atoms with van der Waals surface area (Å²) < 4.78 is 27.9. The second-order valence-corrected chi connectivity index (χ2v) is 12.6. The fraction of sp³-hybridized carbons (Fsp3) is 0.472. The van der Waals surface area contributed by atoms with Crippen LogP contribution in [0.4, 0.5) is 4.79 Å². The van der Waals surface area contributed by atoms with Crippen molar-refractivity contribution in [1.29, 1.82) is 0 Å². The molecule has 2 aliphatic rings. The Kier molecular flexibility index (Phi) is 10.7. The normalized spacial score (nSPS) is 15.6. The number of amides is 1. The van der Waals surface area contributed by atoms with Crippen LogP contribution in [0.1, 0.15) is 57.4 Å². The Morgan fingerprint density at radius 3 is 2.52 bits per heavy atom. The Balaban J connectivity index is 1.26. The molecule has 2 aliphatic heterocycles. The number of carbonyl (C=O) groups is 2. The maximum Gasteiger partial charge on any atom is 0.410 e. The number of rotatable bonds is 10. The number of fused-ring (bicyclic) bond motifs is 2. The molecule has 0 saturated carbocycles. The van der Waals surface area contributed by atoms with Crippen molar-refractivity contribution in [2.45, 2.75) is 65.1 Å². The molecule has 46 heavy (non-hydrogen) atoms. The van der Waals surface area contributed by atoms with E-state index in [0.29, 0.717) is 32.1 Å². The molecule has 0 spiro atoms. The van der Waals surface area contributed by atoms with E-state index in [4.69, 9.17) is 28.7 Å². The zero-order valence-electron chi connectivity index (χ0n) is 27.5. The average Bonchev–Trinajstić information content (AvgIpc) is 3.04. The van der Waals surface area contributed by atoms with Crippen molar-refractivity contribution >= 4 is 28.9 Å². The minimum Gasteiger partial charge on any atom is -0.497 e. The summed E-state index contributed by atoms with van der Waals surface area (Å²) in [5, 5.41) is 1.99. The standard InChI is InChI=1S/C36H45N3O7/c1-6-43-34(40)12-8-26-23-37-31(30-22-28(42-5)9-10-29(26)30)15-18-38-16-13-27(14-17-38)39(35(41)46-36(2,3)4)24-25-7-11-32-33(21-25)45-20-19-44-32/h7-12,21-23,27H,6,13-20,24H2,1-5H3/b12-8+. The van der Waals surface area contributed by atoms with E-state index in [9.17, 15) is 9.59 Å². The molecule has 0 atom stereocenters. The van der Waals surface area contributed by atoms with Gasteiger partial charge >= 0.3 is 12.1 Å². The van der Waals surface area contributed by atoms with Gasteiger partial charge in [-0.1, -0.05) is 6.07 Å². The Morgan fingerprint density at radius 2 is 1.80 bits per heavy atom. The number of hydrogen-bond acceptors (Lipinski definition) is 9. The van der Waals surface area contributed by atoms with Gasteiger partial charge in [-0.3, -0.25) is 4.98 Å². The van der Waals surface area contributed by atoms with Gasteiger partial charge in [0.2, 0.25) is 0 Å². The molecule has 1 amide bonds. The van der Waals surface area contributed by atoms with Gasteiger partial charge in [-0.15, -0.1) is 0 Å². The number of carbonyl (C=O) groups excluding carboxylic acids is 2. The predicted octanol–water partition coefficient (Wildman–Crippen LogP) is 6.04. The fourth-order valence-electron chi connectivity index (χ4n) is 5.87. The SMILES string of the molecule is CCOC(=O)/C=C/c1cnc(CCN2CCC(N(Cc3ccc4c(c3)OCCO4)C(=O)OC(C)(C)C)CC2)c2cc(OC)ccc12. The van der Waals surface area contributed by atoms with Crippen LogP contribution in [0.25, 0.3) is 16.8 Å². The number of hydrogen-bond donors (Lipinski definition) is 0. The molecular weight excluding hydrogens is 586 g/mol. The van der Waals surface area contributed by atoms with E-state index in [1.807, 2.05) is 68.3 Å². The molecule has 3 aromatic rings. The first kappa shape index (κ1) is 33.1. The number of likely N-dealkylation sites (tertiary alicyclic amines) is 1. The van der Waals surface area contributed by atoms with Gasteiger partial charge in [0.1, 0.15) is 24.6 Å². The van der Waals surface area contributed by atoms with Crippen LogP contribution in [0.3, 0.4) is 0 Å². The highest BCUT2D eigenvalue weighted by atomic mass is 16.6. The second kappa shape index (κ2) is 14.9. The summed E-state index contributed by atoms with van der Waals surface area (Å²) in [5.74, 6) is 1.82. The van der Waals surface area contributed by atoms with Gasteiger partial charge < -0.3 is 33.5 Å². The zero-order chi connectivity index (χ0) is 32.7. The molecule has 10 heteroatoms. The number of nitrogens with zero attached hydrogens (tertiary/aromatic N) is 3. The monoisotopic (exact) mass is 631 g/mol. The molecule has 1 aromatic heterocycles. The number of piperidine rings is 1. The third kappa shape index (κ3) is 8.48. The molecule has 0 unspecified atom stereocenters. The third-order valence-corrected chi connectivity index (χ3v) is 8.14. The van der Waals surface area contributed by atoms with E-state index in [0.717, 1.165) is 78.0 Å². The van der Waals surface area contributed by atoms with Gasteiger partial charge in [0.25, 0.3) is 0 Å². The first-order valence-corrected chi connectivity index (χ1v) is 16.0. The van der Waals surface area contributed by atoms with Gasteiger partial charge in [-0.05, 0) is 87.9 Å². The highest BCUT2D eigenvalue weighted by Crippen LogP contribution is 2.32. The Hall–Kier alpha value is -4.31. The molecule has 0 bridgehead atoms. The van der Waals surface area contributed by atoms with Crippen LogP contribution < -0.4 is 14.2 Å². The molecule has 5 rings (SSSR count). The maximum absolute atomic E-state index is 13.4. The number of methoxy groups -OCH3 is 1. The van der Waals surface area contributed by atoms with Crippen LogP contribution >= 0.6 is 0 Å². The van der Waals surface area contributed by atoms with E-state index in [1.54, 1.807) is 20.1 Å². The van der Waals surface area contributed by atoms with Crippen LogP contribution in [0.5, 0.6) is 17.2 Å². The third-order valence-electron chi connectivity index (χ3n) is 8.14. The van der Waals surface area contributed by atoms with E-state index >= 15 is 0 Å². The molecule has 3 heterocycles. The molecule has 2 aromatic carbocycles. The highest BCUT2D eigenvalue weighted by Gasteiger charge is 2.31. The molecule has 1 saturated heterocycles. The van der Waals surface area contributed by atoms with Crippen LogP contribution in [0.2, 0.25) is 0 Å². The van der Waals surface area contributed by atoms with Gasteiger partial charge in [0.05, 0.1) is 13.7 Å². The molecule has 1 fully saturated rings. The minimum atomic E-state index is -0.592. The average molecular weight is 632 g/mol. The van der Waals surface area contributed by atoms with E-state index in [-0.39, 0.29) is 18.1 Å². The van der Waals surface area contributed by atoms with Gasteiger partial charge in [-0.2, -0.15) is 0 Å². The molecule has 0 N–H and O–H groups in total. The fourth-order valence-corrected chi connectivity index (χ4v) is 5.87. The number of benzene rings is 2. The quantitative estimate of drug-likeness (QED) is 0.196. The summed E-state index contributed by atoms with van der Waals surface area (Å²) in [4.78, 5) is 34.5. The lowest BCUT2D eigenvalue weighted by atomic mass is 10.0. The molecule has 0 aliphatic carbocycles.